The smallest absolute Gasteiger partial charge is 0.259 e. The summed E-state index contributed by atoms with van der Waals surface area (Å²) in [6, 6.07) is 9.24. The zero-order chi connectivity index (χ0) is 18.0. The maximum absolute atomic E-state index is 13.1. The first-order valence-corrected chi connectivity index (χ1v) is 8.96. The Morgan fingerprint density at radius 3 is 2.62 bits per heavy atom. The Morgan fingerprint density at radius 1 is 1.08 bits per heavy atom. The van der Waals surface area contributed by atoms with Crippen LogP contribution in [0, 0.1) is 0 Å². The SMILES string of the molecule is CN1CC(c2ccc3c4c(cccc24)N(C2CCC(=O)NC2=O)C3=O)C1. The number of hydrogen-bond acceptors (Lipinski definition) is 4. The number of imide groups is 1. The van der Waals surface area contributed by atoms with Gasteiger partial charge in [0, 0.05) is 36.4 Å². The molecule has 3 amide bonds. The summed E-state index contributed by atoms with van der Waals surface area (Å²) in [6.07, 6.45) is 0.618. The zero-order valence-corrected chi connectivity index (χ0v) is 14.5. The minimum absolute atomic E-state index is 0.150. The molecule has 1 unspecified atom stereocenters. The van der Waals surface area contributed by atoms with E-state index in [-0.39, 0.29) is 24.1 Å². The minimum Gasteiger partial charge on any atom is -0.305 e. The molecule has 0 spiro atoms. The number of carbonyl (C=O) groups excluding carboxylic acids is 3. The fourth-order valence-corrected chi connectivity index (χ4v) is 4.52. The van der Waals surface area contributed by atoms with E-state index in [2.05, 4.69) is 29.4 Å². The van der Waals surface area contributed by atoms with Gasteiger partial charge in [-0.25, -0.2) is 0 Å². The third-order valence-electron chi connectivity index (χ3n) is 5.79. The lowest BCUT2D eigenvalue weighted by Crippen LogP contribution is -2.53. The standard InChI is InChI=1S/C20H19N3O3/c1-22-9-11(10-22)12-5-6-14-18-13(12)3-2-4-15(18)23(20(14)26)16-7-8-17(24)21-19(16)25/h2-6,11,16H,7-10H2,1H3,(H,21,24,25). The molecule has 3 aliphatic heterocycles. The normalized spacial score (nSPS) is 23.5. The van der Waals surface area contributed by atoms with Gasteiger partial charge < -0.3 is 4.90 Å². The zero-order valence-electron chi connectivity index (χ0n) is 14.5. The molecule has 0 bridgehead atoms. The average molecular weight is 349 g/mol. The summed E-state index contributed by atoms with van der Waals surface area (Å²) in [7, 11) is 2.10. The molecule has 1 atom stereocenters. The number of anilines is 1. The van der Waals surface area contributed by atoms with Gasteiger partial charge in [-0.05, 0) is 36.6 Å². The van der Waals surface area contributed by atoms with Crippen LogP contribution >= 0.6 is 0 Å². The molecule has 3 heterocycles. The summed E-state index contributed by atoms with van der Waals surface area (Å²) in [5.74, 6) is -0.336. The topological polar surface area (TPSA) is 69.7 Å². The van der Waals surface area contributed by atoms with Gasteiger partial charge in [-0.15, -0.1) is 0 Å². The Labute approximate surface area is 150 Å². The molecule has 0 saturated carbocycles. The van der Waals surface area contributed by atoms with Gasteiger partial charge in [0.2, 0.25) is 11.8 Å². The van der Waals surface area contributed by atoms with Crippen molar-refractivity contribution < 1.29 is 14.4 Å². The number of carbonyl (C=O) groups is 3. The molecule has 0 aromatic heterocycles. The number of benzene rings is 2. The Balaban J connectivity index is 1.62. The number of piperidine rings is 1. The molecule has 132 valence electrons. The van der Waals surface area contributed by atoms with Crippen LogP contribution in [0.25, 0.3) is 10.8 Å². The summed E-state index contributed by atoms with van der Waals surface area (Å²) < 4.78 is 0. The first kappa shape index (κ1) is 15.5. The molecule has 26 heavy (non-hydrogen) atoms. The van der Waals surface area contributed by atoms with Crippen molar-refractivity contribution in [2.24, 2.45) is 0 Å². The van der Waals surface area contributed by atoms with E-state index in [4.69, 9.17) is 0 Å². The van der Waals surface area contributed by atoms with Crippen LogP contribution in [0.5, 0.6) is 0 Å². The van der Waals surface area contributed by atoms with Crippen LogP contribution in [0.1, 0.15) is 34.7 Å². The van der Waals surface area contributed by atoms with E-state index in [1.165, 1.54) is 5.56 Å². The molecule has 5 rings (SSSR count). The number of likely N-dealkylation sites (tertiary alicyclic amines) is 1. The fourth-order valence-electron chi connectivity index (χ4n) is 4.52. The molecule has 2 fully saturated rings. The Kier molecular flexibility index (Phi) is 3.21. The molecule has 0 radical (unpaired) electrons. The number of hydrogen-bond donors (Lipinski definition) is 1. The first-order valence-electron chi connectivity index (χ1n) is 8.96. The van der Waals surface area contributed by atoms with Crippen molar-refractivity contribution in [3.63, 3.8) is 0 Å². The van der Waals surface area contributed by atoms with Crippen molar-refractivity contribution in [2.75, 3.05) is 25.0 Å². The lowest BCUT2D eigenvalue weighted by atomic mass is 9.87. The molecule has 6 nitrogen and oxygen atoms in total. The van der Waals surface area contributed by atoms with Crippen LogP contribution in [-0.4, -0.2) is 48.8 Å². The van der Waals surface area contributed by atoms with Crippen LogP contribution < -0.4 is 10.2 Å². The highest BCUT2D eigenvalue weighted by Gasteiger charge is 2.41. The third kappa shape index (κ3) is 2.05. The monoisotopic (exact) mass is 349 g/mol. The Bertz CT molecular complexity index is 978. The quantitative estimate of drug-likeness (QED) is 0.837. The van der Waals surface area contributed by atoms with E-state index >= 15 is 0 Å². The molecule has 0 aliphatic carbocycles. The lowest BCUT2D eigenvalue weighted by molar-refractivity contribution is -0.134. The molecular formula is C20H19N3O3. The first-order chi connectivity index (χ1) is 12.5. The maximum Gasteiger partial charge on any atom is 0.259 e. The summed E-state index contributed by atoms with van der Waals surface area (Å²) in [5.41, 5.74) is 2.70. The van der Waals surface area contributed by atoms with Gasteiger partial charge in [-0.2, -0.15) is 0 Å². The summed E-state index contributed by atoms with van der Waals surface area (Å²) in [4.78, 5) is 40.7. The van der Waals surface area contributed by atoms with Gasteiger partial charge in [-0.3, -0.25) is 24.6 Å². The summed E-state index contributed by atoms with van der Waals surface area (Å²) >= 11 is 0. The minimum atomic E-state index is -0.628. The molecule has 1 N–H and O–H groups in total. The van der Waals surface area contributed by atoms with Crippen molar-refractivity contribution in [3.8, 4) is 0 Å². The van der Waals surface area contributed by atoms with Crippen molar-refractivity contribution >= 4 is 34.2 Å². The van der Waals surface area contributed by atoms with Gasteiger partial charge >= 0.3 is 0 Å². The Hall–Kier alpha value is -2.73. The molecule has 2 aromatic rings. The number of likely N-dealkylation sites (N-methyl/N-ethyl adjacent to an activating group) is 1. The van der Waals surface area contributed by atoms with Gasteiger partial charge in [0.05, 0.1) is 5.69 Å². The molecule has 6 heteroatoms. The average Bonchev–Trinajstić information content (AvgIpc) is 2.87. The summed E-state index contributed by atoms with van der Waals surface area (Å²) in [6.45, 7) is 2.03. The maximum atomic E-state index is 13.1. The van der Waals surface area contributed by atoms with E-state index in [0.29, 0.717) is 17.9 Å². The largest absolute Gasteiger partial charge is 0.305 e. The summed E-state index contributed by atoms with van der Waals surface area (Å²) in [5, 5.41) is 4.40. The van der Waals surface area contributed by atoms with Crippen molar-refractivity contribution in [2.45, 2.75) is 24.8 Å². The van der Waals surface area contributed by atoms with Gasteiger partial charge in [-0.1, -0.05) is 18.2 Å². The number of nitrogens with one attached hydrogen (secondary N) is 1. The van der Waals surface area contributed by atoms with E-state index in [1.54, 1.807) is 4.90 Å². The van der Waals surface area contributed by atoms with E-state index < -0.39 is 6.04 Å². The van der Waals surface area contributed by atoms with E-state index in [9.17, 15) is 14.4 Å². The van der Waals surface area contributed by atoms with Crippen LogP contribution in [0.2, 0.25) is 0 Å². The second kappa shape index (κ2) is 5.38. The Morgan fingerprint density at radius 2 is 1.88 bits per heavy atom. The highest BCUT2D eigenvalue weighted by molar-refractivity contribution is 6.27. The van der Waals surface area contributed by atoms with Crippen molar-refractivity contribution in [1.82, 2.24) is 10.2 Å². The van der Waals surface area contributed by atoms with E-state index in [1.807, 2.05) is 18.2 Å². The van der Waals surface area contributed by atoms with Crippen LogP contribution in [0.3, 0.4) is 0 Å². The van der Waals surface area contributed by atoms with Crippen molar-refractivity contribution in [1.29, 1.82) is 0 Å². The predicted molar refractivity (Wildman–Crippen MR) is 97.2 cm³/mol. The number of rotatable bonds is 2. The number of nitrogens with zero attached hydrogens (tertiary/aromatic N) is 2. The van der Waals surface area contributed by atoms with Crippen molar-refractivity contribution in [3.05, 3.63) is 41.5 Å². The predicted octanol–water partition coefficient (Wildman–Crippen LogP) is 1.63. The lowest BCUT2D eigenvalue weighted by Gasteiger charge is -2.37. The highest BCUT2D eigenvalue weighted by atomic mass is 16.2. The molecule has 3 aliphatic rings. The second-order valence-corrected chi connectivity index (χ2v) is 7.46. The molecule has 2 saturated heterocycles. The van der Waals surface area contributed by atoms with Crippen LogP contribution in [0.15, 0.2) is 30.3 Å². The second-order valence-electron chi connectivity index (χ2n) is 7.46. The fraction of sp³-hybridized carbons (Fsp3) is 0.350. The highest BCUT2D eigenvalue weighted by Crippen LogP contribution is 2.43. The van der Waals surface area contributed by atoms with Gasteiger partial charge in [0.1, 0.15) is 6.04 Å². The van der Waals surface area contributed by atoms with Gasteiger partial charge in [0.15, 0.2) is 0 Å². The molecule has 2 aromatic carbocycles. The van der Waals surface area contributed by atoms with E-state index in [0.717, 1.165) is 29.5 Å². The number of amides is 3. The van der Waals surface area contributed by atoms with Crippen LogP contribution in [0.4, 0.5) is 5.69 Å². The van der Waals surface area contributed by atoms with Crippen LogP contribution in [-0.2, 0) is 9.59 Å². The van der Waals surface area contributed by atoms with Gasteiger partial charge in [0.25, 0.3) is 5.91 Å². The molecular weight excluding hydrogens is 330 g/mol. The third-order valence-corrected chi connectivity index (χ3v) is 5.79.